The topological polar surface area (TPSA) is 50.5 Å². The number of terminal acetylenes is 1. The van der Waals surface area contributed by atoms with E-state index in [1.165, 1.54) is 4.31 Å². The van der Waals surface area contributed by atoms with Gasteiger partial charge in [-0.3, -0.25) is 0 Å². The molecule has 0 aliphatic heterocycles. The maximum atomic E-state index is 13.0. The van der Waals surface area contributed by atoms with Crippen molar-refractivity contribution < 1.29 is 12.8 Å². The monoisotopic (exact) mass is 433 g/mol. The van der Waals surface area contributed by atoms with E-state index < -0.39 is 10.0 Å². The second kappa shape index (κ2) is 8.42. The van der Waals surface area contributed by atoms with Gasteiger partial charge in [0.05, 0.1) is 33.6 Å². The van der Waals surface area contributed by atoms with Gasteiger partial charge in [0.1, 0.15) is 11.5 Å². The van der Waals surface area contributed by atoms with E-state index in [9.17, 15) is 8.42 Å². The Balaban J connectivity index is 1.91. The van der Waals surface area contributed by atoms with E-state index >= 15 is 0 Å². The number of halogens is 2. The first-order valence-electron chi connectivity index (χ1n) is 8.36. The predicted molar refractivity (Wildman–Crippen MR) is 112 cm³/mol. The summed E-state index contributed by atoms with van der Waals surface area (Å²) in [7, 11) is -3.77. The average Bonchev–Trinajstić information content (AvgIpc) is 3.10. The van der Waals surface area contributed by atoms with Gasteiger partial charge in [0, 0.05) is 0 Å². The Labute approximate surface area is 174 Å². The predicted octanol–water partition coefficient (Wildman–Crippen LogP) is 5.39. The molecule has 3 aromatic rings. The summed E-state index contributed by atoms with van der Waals surface area (Å²) < 4.78 is 32.9. The number of rotatable bonds is 6. The van der Waals surface area contributed by atoms with Crippen LogP contribution in [-0.4, -0.2) is 19.3 Å². The highest BCUT2D eigenvalue weighted by molar-refractivity contribution is 7.89. The molecular weight excluding hydrogens is 417 g/mol. The van der Waals surface area contributed by atoms with E-state index in [0.29, 0.717) is 27.1 Å². The number of benzene rings is 2. The van der Waals surface area contributed by atoms with Crippen molar-refractivity contribution in [2.75, 3.05) is 6.54 Å². The molecule has 2 aromatic carbocycles. The molecule has 0 bridgehead atoms. The minimum atomic E-state index is -3.77. The first-order valence-corrected chi connectivity index (χ1v) is 10.6. The lowest BCUT2D eigenvalue weighted by Gasteiger charge is -2.19. The maximum absolute atomic E-state index is 13.0. The van der Waals surface area contributed by atoms with E-state index in [0.717, 1.165) is 5.56 Å². The standard InChI is InChI=1S/C21H17Cl2NO3S/c1-3-13-24(28(25,26)17-10-7-15(2)8-11-17)14-16-9-12-20(27-16)21-18(22)5-4-6-19(21)23/h1,4-12H,13-14H2,2H3. The third kappa shape index (κ3) is 4.26. The quantitative estimate of drug-likeness (QED) is 0.489. The summed E-state index contributed by atoms with van der Waals surface area (Å²) in [5.41, 5.74) is 1.52. The number of aryl methyl sites for hydroxylation is 1. The largest absolute Gasteiger partial charge is 0.460 e. The van der Waals surface area contributed by atoms with Gasteiger partial charge >= 0.3 is 0 Å². The molecule has 0 unspecified atom stereocenters. The molecule has 4 nitrogen and oxygen atoms in total. The number of hydrogen-bond donors (Lipinski definition) is 0. The smallest absolute Gasteiger partial charge is 0.244 e. The van der Waals surface area contributed by atoms with Gasteiger partial charge < -0.3 is 4.42 Å². The van der Waals surface area contributed by atoms with Crippen molar-refractivity contribution in [1.29, 1.82) is 0 Å². The molecule has 0 fully saturated rings. The van der Waals surface area contributed by atoms with Crippen molar-refractivity contribution in [3.05, 3.63) is 76.0 Å². The highest BCUT2D eigenvalue weighted by Gasteiger charge is 2.25. The molecule has 0 amide bonds. The Kier molecular flexibility index (Phi) is 6.17. The van der Waals surface area contributed by atoms with Crippen LogP contribution in [0.1, 0.15) is 11.3 Å². The Bertz CT molecular complexity index is 1110. The summed E-state index contributed by atoms with van der Waals surface area (Å²) in [6.45, 7) is 1.79. The third-order valence-corrected chi connectivity index (χ3v) is 6.57. The molecule has 7 heteroatoms. The molecule has 1 aromatic heterocycles. The second-order valence-electron chi connectivity index (χ2n) is 6.15. The van der Waals surface area contributed by atoms with Gasteiger partial charge in [-0.1, -0.05) is 52.9 Å². The number of nitrogens with zero attached hydrogens (tertiary/aromatic N) is 1. The Morgan fingerprint density at radius 1 is 1.04 bits per heavy atom. The summed E-state index contributed by atoms with van der Waals surface area (Å²) >= 11 is 12.4. The SMILES string of the molecule is C#CCN(Cc1ccc(-c2c(Cl)cccc2Cl)o1)S(=O)(=O)c1ccc(C)cc1. The van der Waals surface area contributed by atoms with Crippen LogP contribution in [0.4, 0.5) is 0 Å². The zero-order valence-corrected chi connectivity index (χ0v) is 17.4. The molecule has 1 heterocycles. The van der Waals surface area contributed by atoms with Crippen LogP contribution in [-0.2, 0) is 16.6 Å². The van der Waals surface area contributed by atoms with Crippen LogP contribution in [0.3, 0.4) is 0 Å². The summed E-state index contributed by atoms with van der Waals surface area (Å²) in [6, 6.07) is 15.1. The molecule has 0 atom stereocenters. The van der Waals surface area contributed by atoms with Crippen LogP contribution in [0.25, 0.3) is 11.3 Å². The molecule has 0 saturated carbocycles. The van der Waals surface area contributed by atoms with Crippen molar-refractivity contribution in [3.63, 3.8) is 0 Å². The van der Waals surface area contributed by atoms with E-state index in [1.54, 1.807) is 54.6 Å². The van der Waals surface area contributed by atoms with Crippen LogP contribution in [0, 0.1) is 19.3 Å². The van der Waals surface area contributed by atoms with Crippen molar-refractivity contribution in [2.24, 2.45) is 0 Å². The van der Waals surface area contributed by atoms with Gasteiger partial charge in [-0.25, -0.2) is 8.42 Å². The van der Waals surface area contributed by atoms with Gasteiger partial charge in [-0.15, -0.1) is 6.42 Å². The number of sulfonamides is 1. The number of furan rings is 1. The van der Waals surface area contributed by atoms with Crippen molar-refractivity contribution >= 4 is 33.2 Å². The highest BCUT2D eigenvalue weighted by atomic mass is 35.5. The van der Waals surface area contributed by atoms with Crippen LogP contribution in [0.5, 0.6) is 0 Å². The Morgan fingerprint density at radius 3 is 2.29 bits per heavy atom. The Hall–Kier alpha value is -2.23. The van der Waals surface area contributed by atoms with Crippen LogP contribution in [0.2, 0.25) is 10.0 Å². The van der Waals surface area contributed by atoms with Crippen LogP contribution in [0.15, 0.2) is 63.9 Å². The molecule has 0 aliphatic carbocycles. The lowest BCUT2D eigenvalue weighted by atomic mass is 10.2. The molecule has 0 aliphatic rings. The maximum Gasteiger partial charge on any atom is 0.244 e. The fourth-order valence-corrected chi connectivity index (χ4v) is 4.59. The van der Waals surface area contributed by atoms with E-state index in [-0.39, 0.29) is 18.0 Å². The number of hydrogen-bond acceptors (Lipinski definition) is 3. The van der Waals surface area contributed by atoms with Gasteiger partial charge in [0.25, 0.3) is 0 Å². The van der Waals surface area contributed by atoms with Crippen LogP contribution >= 0.6 is 23.2 Å². The molecule has 28 heavy (non-hydrogen) atoms. The zero-order valence-electron chi connectivity index (χ0n) is 15.0. The third-order valence-electron chi connectivity index (χ3n) is 4.13. The molecule has 0 spiro atoms. The normalized spacial score (nSPS) is 11.5. The van der Waals surface area contributed by atoms with Crippen LogP contribution < -0.4 is 0 Å². The van der Waals surface area contributed by atoms with Crippen molar-refractivity contribution in [3.8, 4) is 23.7 Å². The summed E-state index contributed by atoms with van der Waals surface area (Å²) in [5, 5.41) is 0.891. The van der Waals surface area contributed by atoms with Gasteiger partial charge in [-0.05, 0) is 43.3 Å². The minimum Gasteiger partial charge on any atom is -0.460 e. The molecular formula is C21H17Cl2NO3S. The minimum absolute atomic E-state index is 0.0114. The van der Waals surface area contributed by atoms with E-state index in [1.807, 2.05) is 6.92 Å². The van der Waals surface area contributed by atoms with Gasteiger partial charge in [0.15, 0.2) is 0 Å². The average molecular weight is 434 g/mol. The van der Waals surface area contributed by atoms with E-state index in [2.05, 4.69) is 5.92 Å². The fourth-order valence-electron chi connectivity index (χ4n) is 2.69. The molecule has 144 valence electrons. The highest BCUT2D eigenvalue weighted by Crippen LogP contribution is 2.35. The first kappa shape index (κ1) is 20.5. The van der Waals surface area contributed by atoms with E-state index in [4.69, 9.17) is 34.0 Å². The molecule has 0 N–H and O–H groups in total. The van der Waals surface area contributed by atoms with Gasteiger partial charge in [0.2, 0.25) is 10.0 Å². The zero-order chi connectivity index (χ0) is 20.3. The van der Waals surface area contributed by atoms with Crippen molar-refractivity contribution in [2.45, 2.75) is 18.4 Å². The van der Waals surface area contributed by atoms with Gasteiger partial charge in [-0.2, -0.15) is 4.31 Å². The summed E-state index contributed by atoms with van der Waals surface area (Å²) in [4.78, 5) is 0.175. The first-order chi connectivity index (χ1) is 13.3. The Morgan fingerprint density at radius 2 is 1.68 bits per heavy atom. The fraction of sp³-hybridized carbons (Fsp3) is 0.143. The molecule has 0 saturated heterocycles. The summed E-state index contributed by atoms with van der Waals surface area (Å²) in [5.74, 6) is 3.28. The summed E-state index contributed by atoms with van der Waals surface area (Å²) in [6.07, 6.45) is 5.40. The molecule has 3 rings (SSSR count). The lowest BCUT2D eigenvalue weighted by Crippen LogP contribution is -2.30. The second-order valence-corrected chi connectivity index (χ2v) is 8.91. The lowest BCUT2D eigenvalue weighted by molar-refractivity contribution is 0.393. The van der Waals surface area contributed by atoms with Crippen molar-refractivity contribution in [1.82, 2.24) is 4.31 Å². The molecule has 0 radical (unpaired) electrons.